The number of hydrogen-bond acceptors (Lipinski definition) is 10. The van der Waals surface area contributed by atoms with Gasteiger partial charge >= 0.3 is 0 Å². The second-order valence-corrected chi connectivity index (χ2v) is 6.97. The lowest BCUT2D eigenvalue weighted by Crippen LogP contribution is -2.21. The molecule has 0 atom stereocenters. The fourth-order valence-electron chi connectivity index (χ4n) is 2.51. The SMILES string of the molecule is COc1cc(/C=N/NC(=O)c2nnn(-c3nonc3N)c2C(C)C)cc(Br)c1O. The van der Waals surface area contributed by atoms with E-state index >= 15 is 0 Å². The number of carbonyl (C=O) groups is 1. The summed E-state index contributed by atoms with van der Waals surface area (Å²) >= 11 is 3.22. The molecule has 0 saturated carbocycles. The van der Waals surface area contributed by atoms with Gasteiger partial charge in [0.2, 0.25) is 11.6 Å². The van der Waals surface area contributed by atoms with Crippen molar-refractivity contribution in [2.75, 3.05) is 12.8 Å². The van der Waals surface area contributed by atoms with E-state index in [1.165, 1.54) is 18.0 Å². The number of aromatic hydroxyl groups is 1. The summed E-state index contributed by atoms with van der Waals surface area (Å²) in [5, 5.41) is 28.8. The van der Waals surface area contributed by atoms with E-state index in [1.54, 1.807) is 12.1 Å². The number of hydrogen-bond donors (Lipinski definition) is 3. The van der Waals surface area contributed by atoms with Crippen LogP contribution in [0.25, 0.3) is 5.82 Å². The van der Waals surface area contributed by atoms with Gasteiger partial charge in [0.25, 0.3) is 5.91 Å². The van der Waals surface area contributed by atoms with Gasteiger partial charge in [-0.3, -0.25) is 4.79 Å². The van der Waals surface area contributed by atoms with Crippen LogP contribution in [0.1, 0.15) is 41.5 Å². The summed E-state index contributed by atoms with van der Waals surface area (Å²) in [5.74, 6) is -0.318. The average Bonchev–Trinajstić information content (AvgIpc) is 3.30. The van der Waals surface area contributed by atoms with Gasteiger partial charge in [0.15, 0.2) is 17.2 Å². The van der Waals surface area contributed by atoms with Gasteiger partial charge in [-0.1, -0.05) is 19.1 Å². The molecule has 0 unspecified atom stereocenters. The van der Waals surface area contributed by atoms with Gasteiger partial charge in [-0.2, -0.15) is 9.78 Å². The second kappa shape index (κ2) is 8.26. The number of hydrazone groups is 1. The topological polar surface area (TPSA) is 167 Å². The van der Waals surface area contributed by atoms with Crippen LogP contribution in [0.5, 0.6) is 11.5 Å². The van der Waals surface area contributed by atoms with Crippen LogP contribution in [-0.4, -0.2) is 49.6 Å². The van der Waals surface area contributed by atoms with E-state index in [2.05, 4.69) is 51.7 Å². The maximum Gasteiger partial charge on any atom is 0.293 e. The highest BCUT2D eigenvalue weighted by Crippen LogP contribution is 2.34. The quantitative estimate of drug-likeness (QED) is 0.362. The first-order chi connectivity index (χ1) is 13.8. The standard InChI is InChI=1S/C16H17BrN8O4/c1-7(2)12-11(20-24-25(12)15-14(18)22-29-23-15)16(27)21-19-6-8-4-9(17)13(26)10(5-8)28-3/h4-7,26H,1-3H3,(H2,18,22)(H,21,27)/b19-6+. The van der Waals surface area contributed by atoms with Crippen LogP contribution < -0.4 is 15.9 Å². The predicted octanol–water partition coefficient (Wildman–Crippen LogP) is 1.60. The number of nitrogens with two attached hydrogens (primary N) is 1. The van der Waals surface area contributed by atoms with Gasteiger partial charge in [0.05, 0.1) is 23.5 Å². The highest BCUT2D eigenvalue weighted by molar-refractivity contribution is 9.10. The molecule has 29 heavy (non-hydrogen) atoms. The number of amides is 1. The average molecular weight is 465 g/mol. The van der Waals surface area contributed by atoms with Crippen molar-refractivity contribution >= 4 is 33.9 Å². The number of phenolic OH excluding ortho intramolecular Hbond substituents is 1. The molecule has 3 rings (SSSR count). The van der Waals surface area contributed by atoms with E-state index in [4.69, 9.17) is 10.5 Å². The highest BCUT2D eigenvalue weighted by Gasteiger charge is 2.25. The van der Waals surface area contributed by atoms with Crippen molar-refractivity contribution < 1.29 is 19.3 Å². The summed E-state index contributed by atoms with van der Waals surface area (Å²) < 4.78 is 11.4. The maximum absolute atomic E-state index is 12.6. The first-order valence-electron chi connectivity index (χ1n) is 8.27. The number of ether oxygens (including phenoxy) is 1. The molecular formula is C16H17BrN8O4. The maximum atomic E-state index is 12.6. The molecule has 13 heteroatoms. The number of carbonyl (C=O) groups excluding carboxylic acids is 1. The van der Waals surface area contributed by atoms with E-state index in [-0.39, 0.29) is 34.7 Å². The largest absolute Gasteiger partial charge is 0.503 e. The first kappa shape index (κ1) is 20.3. The molecule has 4 N–H and O–H groups in total. The van der Waals surface area contributed by atoms with Crippen molar-refractivity contribution in [3.63, 3.8) is 0 Å². The van der Waals surface area contributed by atoms with Crippen molar-refractivity contribution in [2.45, 2.75) is 19.8 Å². The van der Waals surface area contributed by atoms with E-state index < -0.39 is 5.91 Å². The lowest BCUT2D eigenvalue weighted by molar-refractivity contribution is 0.0948. The number of nitrogen functional groups attached to an aromatic ring is 1. The molecule has 0 saturated heterocycles. The molecule has 3 aromatic rings. The Morgan fingerprint density at radius 2 is 2.21 bits per heavy atom. The molecule has 2 aromatic heterocycles. The Morgan fingerprint density at radius 3 is 2.83 bits per heavy atom. The normalized spacial score (nSPS) is 11.3. The van der Waals surface area contributed by atoms with E-state index in [0.29, 0.717) is 15.7 Å². The zero-order valence-electron chi connectivity index (χ0n) is 15.6. The van der Waals surface area contributed by atoms with E-state index in [9.17, 15) is 9.90 Å². The number of nitrogens with zero attached hydrogens (tertiary/aromatic N) is 6. The fraction of sp³-hybridized carbons (Fsp3) is 0.250. The Bertz CT molecular complexity index is 1080. The Labute approximate surface area is 172 Å². The van der Waals surface area contributed by atoms with Crippen LogP contribution in [0.4, 0.5) is 5.82 Å². The number of rotatable bonds is 6. The molecular weight excluding hydrogens is 448 g/mol. The molecule has 0 fully saturated rings. The van der Waals surface area contributed by atoms with Crippen molar-refractivity contribution in [3.8, 4) is 17.3 Å². The second-order valence-electron chi connectivity index (χ2n) is 6.12. The number of methoxy groups -OCH3 is 1. The highest BCUT2D eigenvalue weighted by atomic mass is 79.9. The Kier molecular flexibility index (Phi) is 5.77. The zero-order chi connectivity index (χ0) is 21.1. The minimum atomic E-state index is -0.573. The van der Waals surface area contributed by atoms with Gasteiger partial charge in [-0.05, 0) is 49.9 Å². The van der Waals surface area contributed by atoms with Gasteiger partial charge in [-0.25, -0.2) is 10.1 Å². The molecule has 1 amide bonds. The van der Waals surface area contributed by atoms with Gasteiger partial charge in [-0.15, -0.1) is 5.10 Å². The molecule has 0 bridgehead atoms. The zero-order valence-corrected chi connectivity index (χ0v) is 17.2. The van der Waals surface area contributed by atoms with Gasteiger partial charge in [0, 0.05) is 0 Å². The first-order valence-corrected chi connectivity index (χ1v) is 9.06. The molecule has 12 nitrogen and oxygen atoms in total. The molecule has 1 aromatic carbocycles. The van der Waals surface area contributed by atoms with Crippen molar-refractivity contribution in [1.29, 1.82) is 0 Å². The van der Waals surface area contributed by atoms with Crippen LogP contribution in [-0.2, 0) is 0 Å². The van der Waals surface area contributed by atoms with E-state index in [1.807, 2.05) is 13.8 Å². The number of halogens is 1. The minimum absolute atomic E-state index is 0.0219. The van der Waals surface area contributed by atoms with Gasteiger partial charge in [0.1, 0.15) is 0 Å². The summed E-state index contributed by atoms with van der Waals surface area (Å²) in [5.41, 5.74) is 9.21. The van der Waals surface area contributed by atoms with Gasteiger partial charge < -0.3 is 15.6 Å². The monoisotopic (exact) mass is 464 g/mol. The van der Waals surface area contributed by atoms with Crippen LogP contribution in [0.15, 0.2) is 26.3 Å². The summed E-state index contributed by atoms with van der Waals surface area (Å²) in [4.78, 5) is 12.6. The number of benzene rings is 1. The smallest absolute Gasteiger partial charge is 0.293 e. The molecule has 0 aliphatic carbocycles. The Balaban J connectivity index is 1.83. The summed E-state index contributed by atoms with van der Waals surface area (Å²) in [6.07, 6.45) is 1.39. The van der Waals surface area contributed by atoms with Crippen molar-refractivity contribution in [3.05, 3.63) is 33.6 Å². The third-order valence-electron chi connectivity index (χ3n) is 3.81. The van der Waals surface area contributed by atoms with Crippen molar-refractivity contribution in [2.24, 2.45) is 5.10 Å². The Morgan fingerprint density at radius 1 is 1.45 bits per heavy atom. The third-order valence-corrected chi connectivity index (χ3v) is 4.42. The number of aromatic nitrogens is 5. The summed E-state index contributed by atoms with van der Waals surface area (Å²) in [6, 6.07) is 3.18. The molecule has 2 heterocycles. The minimum Gasteiger partial charge on any atom is -0.503 e. The van der Waals surface area contributed by atoms with Crippen LogP contribution in [0.2, 0.25) is 0 Å². The van der Waals surface area contributed by atoms with Crippen LogP contribution in [0.3, 0.4) is 0 Å². The molecule has 0 aliphatic heterocycles. The molecule has 0 radical (unpaired) electrons. The van der Waals surface area contributed by atoms with E-state index in [0.717, 1.165) is 0 Å². The fourth-order valence-corrected chi connectivity index (χ4v) is 2.97. The van der Waals surface area contributed by atoms with Crippen LogP contribution >= 0.6 is 15.9 Å². The summed E-state index contributed by atoms with van der Waals surface area (Å²) in [7, 11) is 1.43. The third kappa shape index (κ3) is 4.03. The molecule has 0 aliphatic rings. The lowest BCUT2D eigenvalue weighted by atomic mass is 10.1. The number of anilines is 1. The Hall–Kier alpha value is -3.48. The number of phenols is 1. The summed E-state index contributed by atoms with van der Waals surface area (Å²) in [6.45, 7) is 3.72. The predicted molar refractivity (Wildman–Crippen MR) is 105 cm³/mol. The number of nitrogens with one attached hydrogen (secondary N) is 1. The van der Waals surface area contributed by atoms with Crippen LogP contribution in [0, 0.1) is 0 Å². The lowest BCUT2D eigenvalue weighted by Gasteiger charge is -2.08. The molecule has 0 spiro atoms. The van der Waals surface area contributed by atoms with Crippen molar-refractivity contribution in [1.82, 2.24) is 30.7 Å². The molecule has 152 valence electrons.